The molecule has 1 aliphatic rings. The molecule has 0 bridgehead atoms. The van der Waals surface area contributed by atoms with Crippen LogP contribution < -0.4 is 4.31 Å². The predicted octanol–water partition coefficient (Wildman–Crippen LogP) is 1.95. The molecule has 0 radical (unpaired) electrons. The molecule has 0 amide bonds. The Morgan fingerprint density at radius 3 is 2.74 bits per heavy atom. The lowest BCUT2D eigenvalue weighted by molar-refractivity contribution is 0.268. The molecule has 6 heteroatoms. The van der Waals surface area contributed by atoms with Gasteiger partial charge >= 0.3 is 10.2 Å². The van der Waals surface area contributed by atoms with Crippen molar-refractivity contribution < 1.29 is 13.5 Å². The van der Waals surface area contributed by atoms with Crippen molar-refractivity contribution in [2.45, 2.75) is 32.2 Å². The molecule has 5 nitrogen and oxygen atoms in total. The molecule has 106 valence electrons. The lowest BCUT2D eigenvalue weighted by atomic mass is 10.1. The lowest BCUT2D eigenvalue weighted by Crippen LogP contribution is -2.48. The Morgan fingerprint density at radius 2 is 2.11 bits per heavy atom. The van der Waals surface area contributed by atoms with Crippen molar-refractivity contribution in [3.63, 3.8) is 0 Å². The van der Waals surface area contributed by atoms with Crippen LogP contribution >= 0.6 is 0 Å². The minimum absolute atomic E-state index is 0.0264. The van der Waals surface area contributed by atoms with Gasteiger partial charge in [-0.2, -0.15) is 12.7 Å². The molecule has 0 spiro atoms. The summed E-state index contributed by atoms with van der Waals surface area (Å²) >= 11 is 0. The molecular weight excluding hydrogens is 264 g/mol. The summed E-state index contributed by atoms with van der Waals surface area (Å²) in [5, 5.41) is 9.45. The lowest BCUT2D eigenvalue weighted by Gasteiger charge is -2.35. The maximum Gasteiger partial charge on any atom is 0.304 e. The highest BCUT2D eigenvalue weighted by Gasteiger charge is 2.32. The Morgan fingerprint density at radius 1 is 1.37 bits per heavy atom. The van der Waals surface area contributed by atoms with Crippen LogP contribution in [0.15, 0.2) is 24.3 Å². The number of phenolic OH excluding ortho intramolecular Hbond substituents is 1. The van der Waals surface area contributed by atoms with E-state index in [-0.39, 0.29) is 11.8 Å². The van der Waals surface area contributed by atoms with Crippen molar-refractivity contribution in [2.75, 3.05) is 17.9 Å². The normalized spacial score (nSPS) is 21.3. The number of rotatable bonds is 3. The van der Waals surface area contributed by atoms with Gasteiger partial charge < -0.3 is 5.11 Å². The Kier molecular flexibility index (Phi) is 4.01. The molecular formula is C13H20N2O3S. The first-order valence-electron chi connectivity index (χ1n) is 6.47. The van der Waals surface area contributed by atoms with Crippen LogP contribution in [0, 0.1) is 0 Å². The summed E-state index contributed by atoms with van der Waals surface area (Å²) in [6, 6.07) is 6.31. The third kappa shape index (κ3) is 2.84. The molecule has 1 aliphatic heterocycles. The van der Waals surface area contributed by atoms with Crippen LogP contribution in [-0.2, 0) is 10.2 Å². The third-order valence-corrected chi connectivity index (χ3v) is 5.62. The molecule has 1 fully saturated rings. The Labute approximate surface area is 114 Å². The van der Waals surface area contributed by atoms with Crippen LogP contribution in [0.2, 0.25) is 0 Å². The van der Waals surface area contributed by atoms with Crippen molar-refractivity contribution in [1.82, 2.24) is 4.31 Å². The minimum Gasteiger partial charge on any atom is -0.508 e. The Hall–Kier alpha value is -1.27. The second-order valence-corrected chi connectivity index (χ2v) is 6.86. The van der Waals surface area contributed by atoms with Gasteiger partial charge in [0.25, 0.3) is 0 Å². The van der Waals surface area contributed by atoms with Crippen molar-refractivity contribution in [2.24, 2.45) is 0 Å². The number of aromatic hydroxyl groups is 1. The van der Waals surface area contributed by atoms with Gasteiger partial charge in [0.05, 0.1) is 5.69 Å². The van der Waals surface area contributed by atoms with Gasteiger partial charge in [0.1, 0.15) is 5.75 Å². The summed E-state index contributed by atoms with van der Waals surface area (Å²) < 4.78 is 27.9. The fraction of sp³-hybridized carbons (Fsp3) is 0.538. The van der Waals surface area contributed by atoms with Crippen LogP contribution in [-0.4, -0.2) is 37.5 Å². The van der Waals surface area contributed by atoms with E-state index in [1.54, 1.807) is 16.4 Å². The third-order valence-electron chi connectivity index (χ3n) is 3.58. The fourth-order valence-electron chi connectivity index (χ4n) is 2.39. The maximum absolute atomic E-state index is 12.6. The molecule has 0 saturated carbocycles. The predicted molar refractivity (Wildman–Crippen MR) is 75.4 cm³/mol. The molecule has 1 atom stereocenters. The van der Waals surface area contributed by atoms with E-state index in [0.29, 0.717) is 12.2 Å². The van der Waals surface area contributed by atoms with Crippen LogP contribution in [0.1, 0.15) is 26.2 Å². The highest BCUT2D eigenvalue weighted by molar-refractivity contribution is 7.90. The zero-order valence-corrected chi connectivity index (χ0v) is 12.1. The molecule has 1 aromatic carbocycles. The quantitative estimate of drug-likeness (QED) is 0.923. The van der Waals surface area contributed by atoms with E-state index < -0.39 is 10.2 Å². The standard InChI is InChI=1S/C13H20N2O3S/c1-11-6-3-4-9-15(11)19(17,18)14(2)12-7-5-8-13(16)10-12/h5,7-8,10-11,16H,3-4,6,9H2,1-2H3. The molecule has 0 aliphatic carbocycles. The molecule has 1 unspecified atom stereocenters. The number of benzene rings is 1. The highest BCUT2D eigenvalue weighted by Crippen LogP contribution is 2.26. The fourth-order valence-corrected chi connectivity index (χ4v) is 4.01. The van der Waals surface area contributed by atoms with Crippen molar-refractivity contribution in [3.8, 4) is 5.75 Å². The molecule has 1 N–H and O–H groups in total. The summed E-state index contributed by atoms with van der Waals surface area (Å²) in [6.45, 7) is 2.50. The van der Waals surface area contributed by atoms with Gasteiger partial charge in [0.2, 0.25) is 0 Å². The summed E-state index contributed by atoms with van der Waals surface area (Å²) in [5.41, 5.74) is 0.470. The monoisotopic (exact) mass is 284 g/mol. The van der Waals surface area contributed by atoms with Crippen LogP contribution in [0.4, 0.5) is 5.69 Å². The van der Waals surface area contributed by atoms with Crippen molar-refractivity contribution >= 4 is 15.9 Å². The first-order chi connectivity index (χ1) is 8.93. The van der Waals surface area contributed by atoms with Gasteiger partial charge in [-0.1, -0.05) is 12.5 Å². The first-order valence-corrected chi connectivity index (χ1v) is 7.87. The number of anilines is 1. The van der Waals surface area contributed by atoms with Gasteiger partial charge in [-0.25, -0.2) is 0 Å². The highest BCUT2D eigenvalue weighted by atomic mass is 32.2. The number of piperidine rings is 1. The topological polar surface area (TPSA) is 60.9 Å². The Bertz CT molecular complexity index is 545. The van der Waals surface area contributed by atoms with E-state index >= 15 is 0 Å². The number of nitrogens with zero attached hydrogens (tertiary/aromatic N) is 2. The molecule has 2 rings (SSSR count). The SMILES string of the molecule is CC1CCCCN1S(=O)(=O)N(C)c1cccc(O)c1. The van der Waals surface area contributed by atoms with Crippen molar-refractivity contribution in [3.05, 3.63) is 24.3 Å². The van der Waals surface area contributed by atoms with E-state index in [9.17, 15) is 13.5 Å². The molecule has 19 heavy (non-hydrogen) atoms. The second kappa shape index (κ2) is 5.38. The number of hydrogen-bond donors (Lipinski definition) is 1. The van der Waals surface area contributed by atoms with E-state index in [1.807, 2.05) is 6.92 Å². The molecule has 1 aromatic rings. The van der Waals surface area contributed by atoms with Crippen molar-refractivity contribution in [1.29, 1.82) is 0 Å². The summed E-state index contributed by atoms with van der Waals surface area (Å²) in [6.07, 6.45) is 2.87. The van der Waals surface area contributed by atoms with Crippen LogP contribution in [0.5, 0.6) is 5.75 Å². The van der Waals surface area contributed by atoms with E-state index in [0.717, 1.165) is 19.3 Å². The van der Waals surface area contributed by atoms with Gasteiger partial charge in [-0.3, -0.25) is 4.31 Å². The summed E-state index contributed by atoms with van der Waals surface area (Å²) in [5.74, 6) is 0.0613. The van der Waals surface area contributed by atoms with Gasteiger partial charge in [0, 0.05) is 25.7 Å². The average Bonchev–Trinajstić information content (AvgIpc) is 2.38. The van der Waals surface area contributed by atoms with E-state index in [2.05, 4.69) is 0 Å². The minimum atomic E-state index is -3.53. The average molecular weight is 284 g/mol. The molecule has 1 saturated heterocycles. The first kappa shape index (κ1) is 14.1. The molecule has 0 aromatic heterocycles. The smallest absolute Gasteiger partial charge is 0.304 e. The number of phenols is 1. The second-order valence-electron chi connectivity index (χ2n) is 4.95. The van der Waals surface area contributed by atoms with Crippen LogP contribution in [0.25, 0.3) is 0 Å². The molecule has 1 heterocycles. The van der Waals surface area contributed by atoms with Gasteiger partial charge in [-0.05, 0) is 31.9 Å². The maximum atomic E-state index is 12.6. The Balaban J connectivity index is 2.28. The van der Waals surface area contributed by atoms with Gasteiger partial charge in [0.15, 0.2) is 0 Å². The van der Waals surface area contributed by atoms with E-state index in [1.165, 1.54) is 23.5 Å². The van der Waals surface area contributed by atoms with Crippen LogP contribution in [0.3, 0.4) is 0 Å². The largest absolute Gasteiger partial charge is 0.508 e. The zero-order chi connectivity index (χ0) is 14.0. The summed E-state index contributed by atoms with van der Waals surface area (Å²) in [7, 11) is -2.01. The number of hydrogen-bond acceptors (Lipinski definition) is 3. The van der Waals surface area contributed by atoms with E-state index in [4.69, 9.17) is 0 Å². The van der Waals surface area contributed by atoms with Gasteiger partial charge in [-0.15, -0.1) is 0 Å². The zero-order valence-electron chi connectivity index (χ0n) is 11.3. The summed E-state index contributed by atoms with van der Waals surface area (Å²) in [4.78, 5) is 0.